The fraction of sp³-hybridized carbons (Fsp3) is 0.0870. The Morgan fingerprint density at radius 3 is 2.54 bits per heavy atom. The third-order valence-electron chi connectivity index (χ3n) is 4.78. The third kappa shape index (κ3) is 2.63. The number of halogens is 1. The average molecular weight is 418 g/mol. The first kappa shape index (κ1) is 16.0. The van der Waals surface area contributed by atoms with Crippen molar-refractivity contribution in [2.75, 3.05) is 0 Å². The molecule has 0 atom stereocenters. The molecule has 5 rings (SSSR count). The van der Waals surface area contributed by atoms with Gasteiger partial charge in [0, 0.05) is 30.0 Å². The van der Waals surface area contributed by atoms with E-state index in [4.69, 9.17) is 4.98 Å². The van der Waals surface area contributed by atoms with E-state index in [0.717, 1.165) is 28.5 Å². The first-order valence-corrected chi connectivity index (χ1v) is 10.4. The summed E-state index contributed by atoms with van der Waals surface area (Å²) in [7, 11) is 0. The van der Waals surface area contributed by atoms with Crippen molar-refractivity contribution in [2.24, 2.45) is 0 Å². The lowest BCUT2D eigenvalue weighted by Gasteiger charge is -2.10. The van der Waals surface area contributed by atoms with Gasteiger partial charge in [-0.1, -0.05) is 70.6 Å². The highest BCUT2D eigenvalue weighted by Gasteiger charge is 2.16. The Morgan fingerprint density at radius 2 is 1.62 bits per heavy atom. The summed E-state index contributed by atoms with van der Waals surface area (Å²) in [5.74, 6) is 0. The van der Waals surface area contributed by atoms with E-state index >= 15 is 0 Å². The second kappa shape index (κ2) is 6.49. The van der Waals surface area contributed by atoms with Gasteiger partial charge in [-0.15, -0.1) is 11.3 Å². The van der Waals surface area contributed by atoms with Crippen molar-refractivity contribution in [3.63, 3.8) is 0 Å². The molecular weight excluding hydrogens is 402 g/mol. The Labute approximate surface area is 164 Å². The molecule has 0 fully saturated rings. The van der Waals surface area contributed by atoms with Crippen LogP contribution >= 0.6 is 27.3 Å². The predicted molar refractivity (Wildman–Crippen MR) is 118 cm³/mol. The van der Waals surface area contributed by atoms with Crippen LogP contribution in [0.4, 0.5) is 0 Å². The third-order valence-corrected chi connectivity index (χ3v) is 6.57. The van der Waals surface area contributed by atoms with E-state index in [0.29, 0.717) is 0 Å². The van der Waals surface area contributed by atoms with E-state index in [9.17, 15) is 0 Å². The molecule has 0 spiro atoms. The van der Waals surface area contributed by atoms with Crippen LogP contribution in [0.25, 0.3) is 36.6 Å². The molecule has 0 saturated heterocycles. The minimum absolute atomic E-state index is 1.02. The summed E-state index contributed by atoms with van der Waals surface area (Å²) in [4.78, 5) is 5.10. The van der Waals surface area contributed by atoms with Crippen LogP contribution in [0.1, 0.15) is 18.5 Å². The zero-order valence-electron chi connectivity index (χ0n) is 14.1. The molecule has 0 N–H and O–H groups in total. The minimum Gasteiger partial charge on any atom is -0.247 e. The zero-order chi connectivity index (χ0) is 17.5. The van der Waals surface area contributed by atoms with Gasteiger partial charge in [0.15, 0.2) is 0 Å². The van der Waals surface area contributed by atoms with Gasteiger partial charge in [0.05, 0.1) is 11.2 Å². The number of benzene rings is 2. The second-order valence-electron chi connectivity index (χ2n) is 6.44. The molecule has 26 heavy (non-hydrogen) atoms. The number of thiophene rings is 1. The molecule has 126 valence electrons. The fourth-order valence-corrected chi connectivity index (χ4v) is 5.16. The molecule has 0 saturated carbocycles. The number of aromatic nitrogens is 1. The molecule has 2 heterocycles. The highest BCUT2D eigenvalue weighted by Crippen LogP contribution is 2.41. The van der Waals surface area contributed by atoms with Crippen LogP contribution < -0.4 is 0 Å². The average Bonchev–Trinajstić information content (AvgIpc) is 3.05. The quantitative estimate of drug-likeness (QED) is 0.310. The van der Waals surface area contributed by atoms with Crippen LogP contribution in [0, 0.1) is 0 Å². The van der Waals surface area contributed by atoms with Gasteiger partial charge in [0.2, 0.25) is 0 Å². The lowest BCUT2D eigenvalue weighted by Crippen LogP contribution is -1.92. The van der Waals surface area contributed by atoms with Gasteiger partial charge in [-0.2, -0.15) is 0 Å². The van der Waals surface area contributed by atoms with E-state index in [1.807, 2.05) is 11.3 Å². The number of pyridine rings is 1. The first-order valence-electron chi connectivity index (χ1n) is 8.75. The maximum Gasteiger partial charge on any atom is 0.0799 e. The highest BCUT2D eigenvalue weighted by atomic mass is 79.9. The Balaban J connectivity index is 1.91. The maximum absolute atomic E-state index is 5.10. The van der Waals surface area contributed by atoms with Crippen molar-refractivity contribution < 1.29 is 0 Å². The number of para-hydroxylation sites is 1. The van der Waals surface area contributed by atoms with E-state index < -0.39 is 0 Å². The summed E-state index contributed by atoms with van der Waals surface area (Å²) in [5, 5.41) is 3.82. The smallest absolute Gasteiger partial charge is 0.0799 e. The largest absolute Gasteiger partial charge is 0.247 e. The number of hydrogen-bond donors (Lipinski definition) is 0. The van der Waals surface area contributed by atoms with Gasteiger partial charge in [-0.05, 0) is 36.6 Å². The monoisotopic (exact) mass is 417 g/mol. The minimum atomic E-state index is 1.02. The van der Waals surface area contributed by atoms with Gasteiger partial charge in [0.25, 0.3) is 0 Å². The lowest BCUT2D eigenvalue weighted by molar-refractivity contribution is 1.05. The molecule has 0 aliphatic heterocycles. The van der Waals surface area contributed by atoms with Gasteiger partial charge in [0.1, 0.15) is 0 Å². The Bertz CT molecular complexity index is 1240. The first-order chi connectivity index (χ1) is 12.8. The standard InChI is InChI=1S/C23H16BrNS/c24-16-8-2-1-7-15(13-14-16)22-21-18-10-4-6-12-20(18)26-23(21)17-9-3-5-11-19(17)25-22/h3-14H,1-2H2/b14-13?,15-7-,16-8?. The number of rotatable bonds is 1. The summed E-state index contributed by atoms with van der Waals surface area (Å²) < 4.78 is 3.78. The van der Waals surface area contributed by atoms with Gasteiger partial charge >= 0.3 is 0 Å². The number of nitrogens with zero attached hydrogens (tertiary/aromatic N) is 1. The van der Waals surface area contributed by atoms with Crippen LogP contribution in [-0.2, 0) is 0 Å². The summed E-state index contributed by atoms with van der Waals surface area (Å²) in [6, 6.07) is 17.1. The van der Waals surface area contributed by atoms with Gasteiger partial charge < -0.3 is 0 Å². The van der Waals surface area contributed by atoms with E-state index in [2.05, 4.69) is 88.8 Å². The van der Waals surface area contributed by atoms with E-state index in [1.54, 1.807) is 0 Å². The number of fused-ring (bicyclic) bond motifs is 5. The van der Waals surface area contributed by atoms with Crippen molar-refractivity contribution in [1.82, 2.24) is 4.98 Å². The van der Waals surface area contributed by atoms with Crippen LogP contribution in [0.5, 0.6) is 0 Å². The van der Waals surface area contributed by atoms with Crippen molar-refractivity contribution in [3.8, 4) is 0 Å². The molecule has 0 bridgehead atoms. The maximum atomic E-state index is 5.10. The molecule has 1 aliphatic rings. The van der Waals surface area contributed by atoms with Crippen molar-refractivity contribution >= 4 is 63.9 Å². The van der Waals surface area contributed by atoms with Gasteiger partial charge in [-0.25, -0.2) is 4.98 Å². The highest BCUT2D eigenvalue weighted by molar-refractivity contribution is 9.11. The summed E-state index contributed by atoms with van der Waals surface area (Å²) in [6.07, 6.45) is 10.9. The molecule has 2 aromatic heterocycles. The molecule has 1 nitrogen and oxygen atoms in total. The molecular formula is C23H16BrNS. The predicted octanol–water partition coefficient (Wildman–Crippen LogP) is 7.61. The lowest BCUT2D eigenvalue weighted by atomic mass is 10.00. The molecule has 0 unspecified atom stereocenters. The summed E-state index contributed by atoms with van der Waals surface area (Å²) in [5.41, 5.74) is 3.36. The SMILES string of the molecule is BrC1=CCC/C=C(\c2nc3ccccc3c3sc4ccccc4c23)C=C1. The topological polar surface area (TPSA) is 12.9 Å². The van der Waals surface area contributed by atoms with E-state index in [1.165, 1.54) is 31.1 Å². The summed E-state index contributed by atoms with van der Waals surface area (Å²) >= 11 is 5.49. The van der Waals surface area contributed by atoms with Crippen LogP contribution in [0.3, 0.4) is 0 Å². The Morgan fingerprint density at radius 1 is 0.846 bits per heavy atom. The normalized spacial score (nSPS) is 17.1. The zero-order valence-corrected chi connectivity index (χ0v) is 16.5. The van der Waals surface area contributed by atoms with Crippen LogP contribution in [0.2, 0.25) is 0 Å². The molecule has 1 aliphatic carbocycles. The second-order valence-corrected chi connectivity index (χ2v) is 8.41. The molecule has 2 aromatic carbocycles. The van der Waals surface area contributed by atoms with Crippen molar-refractivity contribution in [2.45, 2.75) is 12.8 Å². The van der Waals surface area contributed by atoms with Crippen LogP contribution in [-0.4, -0.2) is 4.98 Å². The summed E-state index contributed by atoms with van der Waals surface area (Å²) in [6.45, 7) is 0. The van der Waals surface area contributed by atoms with Crippen molar-refractivity contribution in [3.05, 3.63) is 83.0 Å². The molecule has 0 radical (unpaired) electrons. The van der Waals surface area contributed by atoms with Gasteiger partial charge in [-0.3, -0.25) is 0 Å². The van der Waals surface area contributed by atoms with E-state index in [-0.39, 0.29) is 0 Å². The Kier molecular flexibility index (Phi) is 3.99. The number of allylic oxidation sites excluding steroid dienone is 6. The number of hydrogen-bond acceptors (Lipinski definition) is 2. The molecule has 4 aromatic rings. The molecule has 3 heteroatoms. The fourth-order valence-electron chi connectivity index (χ4n) is 3.56. The van der Waals surface area contributed by atoms with Crippen LogP contribution in [0.15, 0.2) is 77.3 Å². The Hall–Kier alpha value is -2.23. The molecule has 0 amide bonds. The van der Waals surface area contributed by atoms with Crippen molar-refractivity contribution in [1.29, 1.82) is 0 Å².